The summed E-state index contributed by atoms with van der Waals surface area (Å²) < 4.78 is 0. The molecule has 0 saturated heterocycles. The number of unbranched alkanes of at least 4 members (excludes halogenated alkanes) is 8. The summed E-state index contributed by atoms with van der Waals surface area (Å²) in [5.41, 5.74) is 0. The van der Waals surface area contributed by atoms with Crippen LogP contribution in [0.25, 0.3) is 0 Å². The summed E-state index contributed by atoms with van der Waals surface area (Å²) in [5.74, 6) is -0.671. The van der Waals surface area contributed by atoms with Crippen molar-refractivity contribution in [2.75, 3.05) is 0 Å². The Balaban J connectivity index is -0.000000602. The van der Waals surface area contributed by atoms with Crippen molar-refractivity contribution in [2.24, 2.45) is 0 Å². The van der Waals surface area contributed by atoms with Gasteiger partial charge in [-0.1, -0.05) is 63.3 Å². The van der Waals surface area contributed by atoms with Crippen LogP contribution >= 0.6 is 0 Å². The molecule has 0 aromatic rings. The average molecular weight is 360 g/mol. The van der Waals surface area contributed by atoms with Crippen LogP contribution in [0.2, 0.25) is 0 Å². The molecule has 0 aliphatic rings. The van der Waals surface area contributed by atoms with Crippen LogP contribution in [0.15, 0.2) is 24.3 Å². The number of hydrogen-bond acceptors (Lipinski definition) is 1. The summed E-state index contributed by atoms with van der Waals surface area (Å²) in [4.78, 5) is 10.3. The van der Waals surface area contributed by atoms with Gasteiger partial charge in [0.05, 0.1) is 0 Å². The molecule has 0 rings (SSSR count). The summed E-state index contributed by atoms with van der Waals surface area (Å²) in [6, 6.07) is 0. The predicted molar refractivity (Wildman–Crippen MR) is 88.4 cm³/mol. The van der Waals surface area contributed by atoms with Crippen LogP contribution in [0.4, 0.5) is 0 Å². The fourth-order valence-corrected chi connectivity index (χ4v) is 2.09. The molecule has 0 amide bonds. The quantitative estimate of drug-likeness (QED) is 0.246. The van der Waals surface area contributed by atoms with Gasteiger partial charge < -0.3 is 16.1 Å². The molecule has 0 spiro atoms. The predicted octanol–water partition coefficient (Wildman–Crippen LogP) is 5.64. The van der Waals surface area contributed by atoms with E-state index in [1.807, 2.05) is 0 Å². The molecule has 0 bridgehead atoms. The zero-order valence-electron chi connectivity index (χ0n) is 14.5. The minimum absolute atomic E-state index is 0. The van der Waals surface area contributed by atoms with Gasteiger partial charge in [-0.2, -0.15) is 0 Å². The van der Waals surface area contributed by atoms with Gasteiger partial charge in [0.15, 0.2) is 0 Å². The summed E-state index contributed by atoms with van der Waals surface area (Å²) in [6.45, 7) is 2.23. The molecule has 0 saturated carbocycles. The first-order chi connectivity index (χ1) is 9.77. The molecule has 0 heterocycles. The van der Waals surface area contributed by atoms with E-state index in [1.165, 1.54) is 44.9 Å². The van der Waals surface area contributed by atoms with E-state index in [0.717, 1.165) is 25.7 Å². The number of carbonyl (C=O) groups is 1. The summed E-state index contributed by atoms with van der Waals surface area (Å²) in [7, 11) is 0. The van der Waals surface area contributed by atoms with Crippen molar-refractivity contribution in [3.8, 4) is 0 Å². The molecule has 0 aliphatic carbocycles. The van der Waals surface area contributed by atoms with Crippen LogP contribution in [0.3, 0.4) is 0 Å². The summed E-state index contributed by atoms with van der Waals surface area (Å²) in [6.07, 6.45) is 22.3. The maximum atomic E-state index is 10.3. The van der Waals surface area contributed by atoms with Gasteiger partial charge in [-0.15, -0.1) is 0 Å². The van der Waals surface area contributed by atoms with E-state index >= 15 is 0 Å². The van der Waals surface area contributed by atoms with Crippen molar-refractivity contribution in [3.05, 3.63) is 24.3 Å². The number of carboxylic acid groups (broad SMARTS) is 1. The van der Waals surface area contributed by atoms with Gasteiger partial charge in [-0.05, 0) is 38.5 Å². The molecule has 0 aromatic heterocycles. The third kappa shape index (κ3) is 30.1. The van der Waals surface area contributed by atoms with Gasteiger partial charge in [0.25, 0.3) is 0 Å². The van der Waals surface area contributed by atoms with Crippen LogP contribution in [0.1, 0.15) is 84.0 Å². The second-order valence-electron chi connectivity index (χ2n) is 5.37. The third-order valence-corrected chi connectivity index (χ3v) is 3.34. The Morgan fingerprint density at radius 3 is 1.78 bits per heavy atom. The van der Waals surface area contributed by atoms with Crippen LogP contribution in [0.5, 0.6) is 0 Å². The first kappa shape index (κ1) is 30.5. The molecular weight excluding hydrogens is 328 g/mol. The second-order valence-corrected chi connectivity index (χ2v) is 5.37. The van der Waals surface area contributed by atoms with Crippen LogP contribution in [0, 0.1) is 0 Å². The van der Waals surface area contributed by atoms with Crippen molar-refractivity contribution in [2.45, 2.75) is 84.0 Å². The Labute approximate surface area is 156 Å². The molecule has 0 aromatic carbocycles. The van der Waals surface area contributed by atoms with E-state index in [4.69, 9.17) is 5.11 Å². The van der Waals surface area contributed by atoms with Crippen molar-refractivity contribution in [1.82, 2.24) is 0 Å². The van der Waals surface area contributed by atoms with Crippen LogP contribution < -0.4 is 0 Å². The van der Waals surface area contributed by atoms with Crippen molar-refractivity contribution >= 4 is 5.97 Å². The topological polar surface area (TPSA) is 94.3 Å². The molecular formula is C18H32O4Ti. The Kier molecular flexibility index (Phi) is 35.1. The molecule has 5 heteroatoms. The first-order valence-corrected chi connectivity index (χ1v) is 8.29. The van der Waals surface area contributed by atoms with E-state index in [-0.39, 0.29) is 32.7 Å². The number of aliphatic carboxylic acids is 1. The number of hydrogen-bond donors (Lipinski definition) is 1. The molecule has 0 fully saturated rings. The van der Waals surface area contributed by atoms with Gasteiger partial charge in [0, 0.05) is 6.42 Å². The van der Waals surface area contributed by atoms with E-state index in [1.54, 1.807) is 0 Å². The Morgan fingerprint density at radius 1 is 0.783 bits per heavy atom. The summed E-state index contributed by atoms with van der Waals surface area (Å²) >= 11 is 0. The summed E-state index contributed by atoms with van der Waals surface area (Å²) in [5, 5.41) is 8.50. The smallest absolute Gasteiger partial charge is 2.00 e. The molecule has 0 radical (unpaired) electrons. The van der Waals surface area contributed by atoms with E-state index in [0.29, 0.717) is 6.42 Å². The van der Waals surface area contributed by atoms with Gasteiger partial charge >= 0.3 is 27.7 Å². The molecule has 4 nitrogen and oxygen atoms in total. The van der Waals surface area contributed by atoms with Gasteiger partial charge in [0.1, 0.15) is 0 Å². The maximum absolute atomic E-state index is 10.3. The van der Waals surface area contributed by atoms with E-state index in [9.17, 15) is 4.79 Å². The minimum Gasteiger partial charge on any atom is -2.00 e. The van der Waals surface area contributed by atoms with Crippen molar-refractivity contribution < 1.29 is 42.6 Å². The zero-order chi connectivity index (χ0) is 14.9. The van der Waals surface area contributed by atoms with Gasteiger partial charge in [0.2, 0.25) is 0 Å². The van der Waals surface area contributed by atoms with E-state index in [2.05, 4.69) is 31.2 Å². The number of allylic oxidation sites excluding steroid dienone is 4. The van der Waals surface area contributed by atoms with Crippen LogP contribution in [-0.4, -0.2) is 11.1 Å². The van der Waals surface area contributed by atoms with Crippen molar-refractivity contribution in [1.29, 1.82) is 0 Å². The Bertz CT molecular complexity index is 278. The number of carboxylic acids is 1. The van der Waals surface area contributed by atoms with Gasteiger partial charge in [-0.3, -0.25) is 4.79 Å². The largest absolute Gasteiger partial charge is 4.00 e. The molecule has 0 unspecified atom stereocenters. The number of rotatable bonds is 14. The van der Waals surface area contributed by atoms with E-state index < -0.39 is 5.97 Å². The first-order valence-electron chi connectivity index (χ1n) is 8.29. The minimum atomic E-state index is -0.671. The zero-order valence-corrected chi connectivity index (χ0v) is 16.0. The SMILES string of the molecule is CCCCCC=CCC=CCCCCCCCC(=O)O.[O-2].[O-2].[Ti+4]. The average Bonchev–Trinajstić information content (AvgIpc) is 2.43. The van der Waals surface area contributed by atoms with Gasteiger partial charge in [-0.25, -0.2) is 0 Å². The molecule has 0 aliphatic heterocycles. The standard InChI is InChI=1S/C18H32O2.2O.Ti/c1-2-3-4-5-6-7-8-9-10-11-12-13-14-15-16-17-18(19)20;;;/h6-7,9-10H,2-5,8,11-17H2,1H3,(H,19,20);;;/q;2*-2;+4. The van der Waals surface area contributed by atoms with Crippen molar-refractivity contribution in [3.63, 3.8) is 0 Å². The fourth-order valence-electron chi connectivity index (χ4n) is 2.09. The fraction of sp³-hybridized carbons (Fsp3) is 0.722. The molecule has 23 heavy (non-hydrogen) atoms. The monoisotopic (exact) mass is 360 g/mol. The Hall–Kier alpha value is -0.416. The normalized spacial score (nSPS) is 10.1. The Morgan fingerprint density at radius 2 is 1.26 bits per heavy atom. The molecule has 0 atom stereocenters. The molecule has 1 N–H and O–H groups in total. The maximum Gasteiger partial charge on any atom is 4.00 e. The van der Waals surface area contributed by atoms with Crippen LogP contribution in [-0.2, 0) is 37.5 Å². The second kappa shape index (κ2) is 26.5. The molecule has 132 valence electrons. The third-order valence-electron chi connectivity index (χ3n) is 3.34.